The van der Waals surface area contributed by atoms with E-state index in [0.717, 1.165) is 24.1 Å². The lowest BCUT2D eigenvalue weighted by Gasteiger charge is -2.37. The zero-order valence-corrected chi connectivity index (χ0v) is 16.6. The van der Waals surface area contributed by atoms with Gasteiger partial charge in [-0.15, -0.1) is 11.8 Å². The van der Waals surface area contributed by atoms with Gasteiger partial charge in [-0.2, -0.15) is 13.2 Å². The van der Waals surface area contributed by atoms with E-state index >= 15 is 0 Å². The molecule has 2 aromatic carbocycles. The van der Waals surface area contributed by atoms with Gasteiger partial charge in [0.25, 0.3) is 0 Å². The van der Waals surface area contributed by atoms with E-state index in [1.54, 1.807) is 17.8 Å². The van der Waals surface area contributed by atoms with Crippen LogP contribution in [0.3, 0.4) is 0 Å². The maximum atomic E-state index is 12.9. The van der Waals surface area contributed by atoms with Crippen LogP contribution in [0.15, 0.2) is 53.4 Å². The number of piperazine rings is 1. The Bertz CT molecular complexity index is 759. The number of halogens is 3. The number of aliphatic hydroxyl groups excluding tert-OH is 1. The molecule has 1 N–H and O–H groups in total. The molecular formula is C21H25F3N2OS. The summed E-state index contributed by atoms with van der Waals surface area (Å²) in [6.45, 7) is 5.38. The monoisotopic (exact) mass is 410 g/mol. The number of alkyl halides is 3. The van der Waals surface area contributed by atoms with Gasteiger partial charge >= 0.3 is 6.18 Å². The second kappa shape index (κ2) is 9.20. The number of hydrogen-bond acceptors (Lipinski definition) is 4. The van der Waals surface area contributed by atoms with Crippen LogP contribution in [0.25, 0.3) is 0 Å². The Labute approximate surface area is 168 Å². The zero-order valence-electron chi connectivity index (χ0n) is 15.8. The highest BCUT2D eigenvalue weighted by Gasteiger charge is 2.31. The molecule has 2 aromatic rings. The lowest BCUT2D eigenvalue weighted by Crippen LogP contribution is -2.49. The molecular weight excluding hydrogens is 385 g/mol. The molecule has 1 fully saturated rings. The summed E-state index contributed by atoms with van der Waals surface area (Å²) < 4.78 is 38.7. The molecule has 7 heteroatoms. The third-order valence-electron chi connectivity index (χ3n) is 4.84. The maximum absolute atomic E-state index is 12.9. The number of nitrogens with zero attached hydrogens (tertiary/aromatic N) is 2. The molecule has 0 saturated carbocycles. The third-order valence-corrected chi connectivity index (χ3v) is 6.00. The van der Waals surface area contributed by atoms with Gasteiger partial charge in [0.2, 0.25) is 0 Å². The lowest BCUT2D eigenvalue weighted by molar-refractivity contribution is -0.137. The van der Waals surface area contributed by atoms with Gasteiger partial charge in [-0.1, -0.05) is 23.8 Å². The van der Waals surface area contributed by atoms with E-state index in [0.29, 0.717) is 31.1 Å². The summed E-state index contributed by atoms with van der Waals surface area (Å²) in [5, 5.41) is 10.3. The van der Waals surface area contributed by atoms with Crippen LogP contribution in [-0.4, -0.2) is 54.6 Å². The van der Waals surface area contributed by atoms with E-state index in [2.05, 4.69) is 29.2 Å². The van der Waals surface area contributed by atoms with E-state index in [4.69, 9.17) is 0 Å². The molecule has 3 nitrogen and oxygen atoms in total. The van der Waals surface area contributed by atoms with Crippen molar-refractivity contribution < 1.29 is 18.3 Å². The topological polar surface area (TPSA) is 26.7 Å². The van der Waals surface area contributed by atoms with Crippen LogP contribution in [0.2, 0.25) is 0 Å². The van der Waals surface area contributed by atoms with Gasteiger partial charge in [0.1, 0.15) is 0 Å². The van der Waals surface area contributed by atoms with Gasteiger partial charge < -0.3 is 10.0 Å². The molecule has 28 heavy (non-hydrogen) atoms. The number of thioether (sulfide) groups is 1. The number of aliphatic hydroxyl groups is 1. The molecule has 0 spiro atoms. The normalized spacial score (nSPS) is 17.0. The Hall–Kier alpha value is -1.70. The molecule has 1 saturated heterocycles. The Morgan fingerprint density at radius 2 is 1.71 bits per heavy atom. The lowest BCUT2D eigenvalue weighted by atomic mass is 10.1. The molecule has 1 unspecified atom stereocenters. The number of benzene rings is 2. The molecule has 1 heterocycles. The number of anilines is 1. The Balaban J connectivity index is 1.45. The standard InChI is InChI=1S/C21H25F3N2OS/c1-16-5-7-20(8-6-16)28-15-19(27)14-25-9-11-26(12-10-25)18-4-2-3-17(13-18)21(22,23)24/h2-8,13,19,27H,9-12,14-15H2,1H3. The van der Waals surface area contributed by atoms with Crippen LogP contribution in [-0.2, 0) is 6.18 Å². The fourth-order valence-corrected chi connectivity index (χ4v) is 4.06. The van der Waals surface area contributed by atoms with Crippen LogP contribution < -0.4 is 4.90 Å². The highest BCUT2D eigenvalue weighted by Crippen LogP contribution is 2.32. The van der Waals surface area contributed by atoms with E-state index in [1.165, 1.54) is 17.7 Å². The van der Waals surface area contributed by atoms with Crippen molar-refractivity contribution in [1.29, 1.82) is 0 Å². The van der Waals surface area contributed by atoms with Crippen LogP contribution >= 0.6 is 11.8 Å². The summed E-state index contributed by atoms with van der Waals surface area (Å²) in [4.78, 5) is 5.28. The zero-order chi connectivity index (χ0) is 20.1. The van der Waals surface area contributed by atoms with Crippen LogP contribution in [0.5, 0.6) is 0 Å². The van der Waals surface area contributed by atoms with E-state index < -0.39 is 17.8 Å². The van der Waals surface area contributed by atoms with Crippen molar-refractivity contribution in [3.63, 3.8) is 0 Å². The van der Waals surface area contributed by atoms with Crippen molar-refractivity contribution in [2.45, 2.75) is 24.1 Å². The molecule has 1 aliphatic heterocycles. The second-order valence-corrected chi connectivity index (χ2v) is 8.21. The number of β-amino-alcohol motifs (C(OH)–C–C–N with tert-alkyl or cyclic N) is 1. The van der Waals surface area contributed by atoms with Gasteiger partial charge in [-0.3, -0.25) is 4.90 Å². The minimum atomic E-state index is -4.32. The highest BCUT2D eigenvalue weighted by molar-refractivity contribution is 7.99. The second-order valence-electron chi connectivity index (χ2n) is 7.11. The van der Waals surface area contributed by atoms with Crippen molar-refractivity contribution in [3.05, 3.63) is 59.7 Å². The molecule has 0 aromatic heterocycles. The van der Waals surface area contributed by atoms with Gasteiger partial charge in [-0.25, -0.2) is 0 Å². The largest absolute Gasteiger partial charge is 0.416 e. The summed E-state index contributed by atoms with van der Waals surface area (Å²) in [7, 11) is 0. The molecule has 1 atom stereocenters. The first kappa shape index (κ1) is 21.0. The first-order valence-electron chi connectivity index (χ1n) is 9.33. The quantitative estimate of drug-likeness (QED) is 0.719. The van der Waals surface area contributed by atoms with Crippen molar-refractivity contribution in [1.82, 2.24) is 4.90 Å². The SMILES string of the molecule is Cc1ccc(SCC(O)CN2CCN(c3cccc(C(F)(F)F)c3)CC2)cc1. The predicted octanol–water partition coefficient (Wildman–Crippen LogP) is 4.29. The highest BCUT2D eigenvalue weighted by atomic mass is 32.2. The molecule has 1 aliphatic rings. The molecule has 0 radical (unpaired) electrons. The summed E-state index contributed by atoms with van der Waals surface area (Å²) in [5.41, 5.74) is 1.20. The first-order chi connectivity index (χ1) is 13.3. The smallest absolute Gasteiger partial charge is 0.391 e. The van der Waals surface area contributed by atoms with Crippen LogP contribution in [0, 0.1) is 6.92 Å². The maximum Gasteiger partial charge on any atom is 0.416 e. The predicted molar refractivity (Wildman–Crippen MR) is 108 cm³/mol. The Kier molecular flexibility index (Phi) is 6.91. The van der Waals surface area contributed by atoms with Crippen LogP contribution in [0.4, 0.5) is 18.9 Å². The molecule has 0 amide bonds. The Morgan fingerprint density at radius 3 is 2.36 bits per heavy atom. The van der Waals surface area contributed by atoms with Crippen molar-refractivity contribution in [2.24, 2.45) is 0 Å². The summed E-state index contributed by atoms with van der Waals surface area (Å²) in [5.74, 6) is 0.622. The fourth-order valence-electron chi connectivity index (χ4n) is 3.25. The van der Waals surface area contributed by atoms with Gasteiger partial charge in [0, 0.05) is 49.1 Å². The Morgan fingerprint density at radius 1 is 1.04 bits per heavy atom. The number of rotatable bonds is 6. The minimum absolute atomic E-state index is 0.439. The van der Waals surface area contributed by atoms with Crippen molar-refractivity contribution in [2.75, 3.05) is 43.4 Å². The van der Waals surface area contributed by atoms with Crippen molar-refractivity contribution >= 4 is 17.4 Å². The average Bonchev–Trinajstić information content (AvgIpc) is 2.68. The number of aryl methyl sites for hydroxylation is 1. The molecule has 152 valence electrons. The fraction of sp³-hybridized carbons (Fsp3) is 0.429. The summed E-state index contributed by atoms with van der Waals surface area (Å²) >= 11 is 1.63. The van der Waals surface area contributed by atoms with E-state index in [9.17, 15) is 18.3 Å². The summed E-state index contributed by atoms with van der Waals surface area (Å²) in [6, 6.07) is 13.7. The number of hydrogen-bond donors (Lipinski definition) is 1. The van der Waals surface area contributed by atoms with E-state index in [-0.39, 0.29) is 0 Å². The van der Waals surface area contributed by atoms with Crippen molar-refractivity contribution in [3.8, 4) is 0 Å². The van der Waals surface area contributed by atoms with Crippen LogP contribution in [0.1, 0.15) is 11.1 Å². The summed E-state index contributed by atoms with van der Waals surface area (Å²) in [6.07, 6.45) is -4.76. The van der Waals surface area contributed by atoms with Gasteiger partial charge in [0.05, 0.1) is 11.7 Å². The van der Waals surface area contributed by atoms with Gasteiger partial charge in [-0.05, 0) is 37.3 Å². The van der Waals surface area contributed by atoms with Gasteiger partial charge in [0.15, 0.2) is 0 Å². The molecule has 3 rings (SSSR count). The third kappa shape index (κ3) is 5.90. The minimum Gasteiger partial charge on any atom is -0.391 e. The van der Waals surface area contributed by atoms with E-state index in [1.807, 2.05) is 11.8 Å². The average molecular weight is 411 g/mol. The first-order valence-corrected chi connectivity index (χ1v) is 10.3. The molecule has 0 aliphatic carbocycles. The molecule has 0 bridgehead atoms.